The van der Waals surface area contributed by atoms with E-state index in [0.717, 1.165) is 10.8 Å². The van der Waals surface area contributed by atoms with Crippen LogP contribution in [0.2, 0.25) is 0 Å². The molecule has 2 rings (SSSR count). The molecule has 2 aromatic rings. The highest BCUT2D eigenvalue weighted by Gasteiger charge is 2.32. The molecule has 0 heterocycles. The Bertz CT molecular complexity index is 858. The molecule has 0 aliphatic heterocycles. The molecule has 0 aliphatic rings. The Balaban J connectivity index is 2.65. The van der Waals surface area contributed by atoms with Gasteiger partial charge in [-0.2, -0.15) is 0 Å². The number of benzene rings is 2. The number of fused-ring (bicyclic) bond motifs is 1. The van der Waals surface area contributed by atoms with Crippen molar-refractivity contribution in [1.82, 2.24) is 0 Å². The summed E-state index contributed by atoms with van der Waals surface area (Å²) in [5, 5.41) is 1.94. The standard InChI is InChI=1S/C20H21BrClNO3/c1-13(24)16(11-12-22)23(19(25)26-20(2,3)4)17-10-9-14-7-5-6-8-15(14)18(17)21/h5-12,16H,1-4H3/b12-11+. The van der Waals surface area contributed by atoms with Gasteiger partial charge in [0.2, 0.25) is 0 Å². The first-order valence-corrected chi connectivity index (χ1v) is 9.35. The molecule has 4 nitrogen and oxygen atoms in total. The molecule has 0 aromatic heterocycles. The van der Waals surface area contributed by atoms with Crippen LogP contribution in [-0.4, -0.2) is 23.5 Å². The molecule has 0 saturated heterocycles. The van der Waals surface area contributed by atoms with Crippen molar-refractivity contribution in [3.05, 3.63) is 52.5 Å². The van der Waals surface area contributed by atoms with Crippen LogP contribution in [0.4, 0.5) is 10.5 Å². The van der Waals surface area contributed by atoms with Crippen LogP contribution in [0.1, 0.15) is 27.7 Å². The van der Waals surface area contributed by atoms with Crippen molar-refractivity contribution in [3.8, 4) is 0 Å². The van der Waals surface area contributed by atoms with Gasteiger partial charge in [0.05, 0.1) is 5.69 Å². The molecule has 26 heavy (non-hydrogen) atoms. The lowest BCUT2D eigenvalue weighted by atomic mass is 10.1. The van der Waals surface area contributed by atoms with E-state index in [2.05, 4.69) is 15.9 Å². The highest BCUT2D eigenvalue weighted by Crippen LogP contribution is 2.36. The van der Waals surface area contributed by atoms with Gasteiger partial charge >= 0.3 is 6.09 Å². The fourth-order valence-electron chi connectivity index (χ4n) is 2.55. The third kappa shape index (κ3) is 4.65. The van der Waals surface area contributed by atoms with Crippen molar-refractivity contribution < 1.29 is 14.3 Å². The zero-order valence-corrected chi connectivity index (χ0v) is 17.5. The molecular formula is C20H21BrClNO3. The molecule has 0 spiro atoms. The highest BCUT2D eigenvalue weighted by molar-refractivity contribution is 9.10. The Labute approximate surface area is 166 Å². The normalized spacial score (nSPS) is 13.0. The molecule has 0 saturated carbocycles. The number of carbonyl (C=O) groups is 2. The van der Waals surface area contributed by atoms with E-state index in [4.69, 9.17) is 16.3 Å². The number of ether oxygens (including phenoxy) is 1. The second-order valence-corrected chi connectivity index (χ2v) is 7.89. The largest absolute Gasteiger partial charge is 0.443 e. The zero-order valence-electron chi connectivity index (χ0n) is 15.1. The molecular weight excluding hydrogens is 418 g/mol. The van der Waals surface area contributed by atoms with Crippen LogP contribution >= 0.6 is 27.5 Å². The lowest BCUT2D eigenvalue weighted by Crippen LogP contribution is -2.46. The fourth-order valence-corrected chi connectivity index (χ4v) is 3.38. The Kier molecular flexibility index (Phi) is 6.48. The summed E-state index contributed by atoms with van der Waals surface area (Å²) in [5.74, 6) is -0.229. The summed E-state index contributed by atoms with van der Waals surface area (Å²) in [6.45, 7) is 6.74. The van der Waals surface area contributed by atoms with Crippen molar-refractivity contribution in [2.45, 2.75) is 39.3 Å². The van der Waals surface area contributed by atoms with Crippen LogP contribution in [0.3, 0.4) is 0 Å². The van der Waals surface area contributed by atoms with Crippen molar-refractivity contribution in [2.75, 3.05) is 4.90 Å². The molecule has 0 fully saturated rings. The van der Waals surface area contributed by atoms with Gasteiger partial charge in [0.1, 0.15) is 11.6 Å². The first kappa shape index (κ1) is 20.5. The van der Waals surface area contributed by atoms with Crippen LogP contribution in [-0.2, 0) is 9.53 Å². The number of ketones is 1. The van der Waals surface area contributed by atoms with Gasteiger partial charge in [-0.3, -0.25) is 9.69 Å². The van der Waals surface area contributed by atoms with Crippen LogP contribution in [0.25, 0.3) is 10.8 Å². The maximum Gasteiger partial charge on any atom is 0.415 e. The van der Waals surface area contributed by atoms with E-state index in [9.17, 15) is 9.59 Å². The number of anilines is 1. The molecule has 1 amide bonds. The minimum Gasteiger partial charge on any atom is -0.443 e. The van der Waals surface area contributed by atoms with E-state index < -0.39 is 17.7 Å². The van der Waals surface area contributed by atoms with Crippen LogP contribution in [0.15, 0.2) is 52.5 Å². The number of rotatable bonds is 4. The molecule has 6 heteroatoms. The number of halogens is 2. The Hall–Kier alpha value is -1.85. The summed E-state index contributed by atoms with van der Waals surface area (Å²) in [5.41, 5.74) is 1.07. The lowest BCUT2D eigenvalue weighted by Gasteiger charge is -2.31. The quantitative estimate of drug-likeness (QED) is 0.583. The van der Waals surface area contributed by atoms with Gasteiger partial charge in [0, 0.05) is 10.0 Å². The average molecular weight is 439 g/mol. The lowest BCUT2D eigenvalue weighted by molar-refractivity contribution is -0.117. The minimum absolute atomic E-state index is 0.229. The van der Waals surface area contributed by atoms with Crippen molar-refractivity contribution >= 4 is 55.9 Å². The van der Waals surface area contributed by atoms with Gasteiger partial charge < -0.3 is 4.74 Å². The van der Waals surface area contributed by atoms with E-state index in [1.54, 1.807) is 26.8 Å². The van der Waals surface area contributed by atoms with Gasteiger partial charge in [0.15, 0.2) is 5.78 Å². The smallest absolute Gasteiger partial charge is 0.415 e. The minimum atomic E-state index is -0.875. The zero-order chi connectivity index (χ0) is 19.5. The Morgan fingerprint density at radius 1 is 1.19 bits per heavy atom. The summed E-state index contributed by atoms with van der Waals surface area (Å²) >= 11 is 9.30. The van der Waals surface area contributed by atoms with Gasteiger partial charge in [0.25, 0.3) is 0 Å². The summed E-state index contributed by atoms with van der Waals surface area (Å²) < 4.78 is 6.24. The SMILES string of the molecule is CC(=O)C(/C=C/Cl)N(C(=O)OC(C)(C)C)c1ccc2ccccc2c1Br. The summed E-state index contributed by atoms with van der Waals surface area (Å²) in [4.78, 5) is 26.5. The van der Waals surface area contributed by atoms with Crippen LogP contribution < -0.4 is 4.90 Å². The van der Waals surface area contributed by atoms with Gasteiger partial charge in [-0.15, -0.1) is 0 Å². The van der Waals surface area contributed by atoms with E-state index in [1.165, 1.54) is 23.4 Å². The molecule has 0 radical (unpaired) electrons. The van der Waals surface area contributed by atoms with Crippen LogP contribution in [0.5, 0.6) is 0 Å². The summed E-state index contributed by atoms with van der Waals surface area (Å²) in [7, 11) is 0. The number of Topliss-reactive ketones (excluding diaryl/α,β-unsaturated/α-hetero) is 1. The maximum atomic E-state index is 12.9. The molecule has 0 N–H and O–H groups in total. The first-order valence-electron chi connectivity index (χ1n) is 8.12. The van der Waals surface area contributed by atoms with Crippen molar-refractivity contribution in [3.63, 3.8) is 0 Å². The number of amides is 1. The summed E-state index contributed by atoms with van der Waals surface area (Å²) in [6, 6.07) is 10.6. The van der Waals surface area contributed by atoms with Crippen molar-refractivity contribution in [1.29, 1.82) is 0 Å². The van der Waals surface area contributed by atoms with E-state index in [1.807, 2.05) is 30.3 Å². The second-order valence-electron chi connectivity index (χ2n) is 6.84. The molecule has 0 bridgehead atoms. The average Bonchev–Trinajstić information content (AvgIpc) is 2.54. The Morgan fingerprint density at radius 3 is 2.42 bits per heavy atom. The fraction of sp³-hybridized carbons (Fsp3) is 0.300. The van der Waals surface area contributed by atoms with E-state index in [0.29, 0.717) is 10.2 Å². The molecule has 2 aromatic carbocycles. The Morgan fingerprint density at radius 2 is 1.85 bits per heavy atom. The number of hydrogen-bond donors (Lipinski definition) is 0. The predicted octanol–water partition coefficient (Wildman–Crippen LogP) is 6.05. The highest BCUT2D eigenvalue weighted by atomic mass is 79.9. The molecule has 1 unspecified atom stereocenters. The first-order chi connectivity index (χ1) is 12.2. The van der Waals surface area contributed by atoms with E-state index >= 15 is 0 Å². The van der Waals surface area contributed by atoms with Gasteiger partial charge in [-0.05, 0) is 66.5 Å². The molecule has 1 atom stereocenters. The number of hydrogen-bond acceptors (Lipinski definition) is 3. The number of nitrogens with zero attached hydrogens (tertiary/aromatic N) is 1. The molecule has 0 aliphatic carbocycles. The topological polar surface area (TPSA) is 46.6 Å². The van der Waals surface area contributed by atoms with E-state index in [-0.39, 0.29) is 5.78 Å². The summed E-state index contributed by atoms with van der Waals surface area (Å²) in [6.07, 6.45) is 0.846. The monoisotopic (exact) mass is 437 g/mol. The maximum absolute atomic E-state index is 12.9. The second kappa shape index (κ2) is 8.23. The van der Waals surface area contributed by atoms with Crippen molar-refractivity contribution in [2.24, 2.45) is 0 Å². The van der Waals surface area contributed by atoms with Gasteiger partial charge in [-0.25, -0.2) is 4.79 Å². The third-order valence-corrected chi connectivity index (χ3v) is 4.62. The number of carbonyl (C=O) groups excluding carboxylic acids is 2. The van der Waals surface area contributed by atoms with Crippen LogP contribution in [0, 0.1) is 0 Å². The van der Waals surface area contributed by atoms with Gasteiger partial charge in [-0.1, -0.05) is 41.9 Å². The predicted molar refractivity (Wildman–Crippen MR) is 110 cm³/mol. The third-order valence-electron chi connectivity index (χ3n) is 3.64. The molecule has 138 valence electrons.